The first-order valence-electron chi connectivity index (χ1n) is 7.83. The van der Waals surface area contributed by atoms with E-state index in [9.17, 15) is 13.2 Å². The van der Waals surface area contributed by atoms with Gasteiger partial charge in [-0.05, 0) is 35.9 Å². The van der Waals surface area contributed by atoms with Gasteiger partial charge in [0.15, 0.2) is 5.82 Å². The van der Waals surface area contributed by atoms with Crippen molar-refractivity contribution in [3.63, 3.8) is 0 Å². The Morgan fingerprint density at radius 3 is 2.58 bits per heavy atom. The van der Waals surface area contributed by atoms with E-state index in [1.54, 1.807) is 34.1 Å². The van der Waals surface area contributed by atoms with E-state index in [4.69, 9.17) is 0 Å². The molecule has 0 aliphatic carbocycles. The molecule has 0 spiro atoms. The number of alkyl halides is 2. The Bertz CT molecular complexity index is 920. The number of benzene rings is 2. The number of hydrogen-bond acceptors (Lipinski definition) is 3. The zero-order valence-corrected chi connectivity index (χ0v) is 14.2. The van der Waals surface area contributed by atoms with Crippen molar-refractivity contribution >= 4 is 23.1 Å². The molecule has 0 radical (unpaired) electrons. The molecule has 0 unspecified atom stereocenters. The molecule has 0 saturated heterocycles. The Labute approximate surface area is 148 Å². The number of aromatic nitrogens is 2. The maximum Gasteiger partial charge on any atom is 0.387 e. The summed E-state index contributed by atoms with van der Waals surface area (Å²) in [6.45, 7) is -2.47. The molecule has 0 fully saturated rings. The van der Waals surface area contributed by atoms with Crippen LogP contribution in [0, 0.1) is 5.82 Å². The van der Waals surface area contributed by atoms with Gasteiger partial charge in [0, 0.05) is 19.5 Å². The second-order valence-corrected chi connectivity index (χ2v) is 5.87. The third-order valence-electron chi connectivity index (χ3n) is 3.58. The largest absolute Gasteiger partial charge is 0.435 e. The van der Waals surface area contributed by atoms with Crippen LogP contribution in [0.1, 0.15) is 5.56 Å². The fourth-order valence-electron chi connectivity index (χ4n) is 2.47. The summed E-state index contributed by atoms with van der Waals surface area (Å²) in [5.41, 5.74) is 1.56. The molecule has 0 amide bonds. The Balaban J connectivity index is 1.92. The van der Waals surface area contributed by atoms with Crippen molar-refractivity contribution in [1.82, 2.24) is 14.7 Å². The minimum atomic E-state index is -2.86. The third-order valence-corrected chi connectivity index (χ3v) is 3.58. The van der Waals surface area contributed by atoms with E-state index < -0.39 is 6.61 Å². The molecule has 0 atom stereocenters. The quantitative estimate of drug-likeness (QED) is 0.491. The maximum atomic E-state index is 13.6. The average Bonchev–Trinajstić information content (AvgIpc) is 2.91. The number of ether oxygens (including phenoxy) is 1. The van der Waals surface area contributed by atoms with Crippen LogP contribution in [0.3, 0.4) is 0 Å². The van der Waals surface area contributed by atoms with Gasteiger partial charge in [0.05, 0.1) is 18.4 Å². The molecule has 0 aliphatic rings. The molecule has 26 heavy (non-hydrogen) atoms. The number of fused-ring (bicyclic) bond motifs is 1. The van der Waals surface area contributed by atoms with Crippen molar-refractivity contribution in [2.45, 2.75) is 13.2 Å². The second-order valence-electron chi connectivity index (χ2n) is 5.87. The van der Waals surface area contributed by atoms with Crippen LogP contribution in [0.2, 0.25) is 0 Å². The van der Waals surface area contributed by atoms with Crippen LogP contribution in [-0.4, -0.2) is 41.7 Å². The Morgan fingerprint density at radius 1 is 1.19 bits per heavy atom. The van der Waals surface area contributed by atoms with Crippen LogP contribution in [0.15, 0.2) is 47.5 Å². The number of aliphatic imine (C=N–C) groups is 1. The van der Waals surface area contributed by atoms with Crippen LogP contribution in [0.5, 0.6) is 5.75 Å². The van der Waals surface area contributed by atoms with Gasteiger partial charge < -0.3 is 9.64 Å². The van der Waals surface area contributed by atoms with E-state index in [0.29, 0.717) is 17.7 Å². The summed E-state index contributed by atoms with van der Waals surface area (Å²) in [6, 6.07) is 10.7. The number of halogens is 3. The fraction of sp³-hybridized carbons (Fsp3) is 0.222. The van der Waals surface area contributed by atoms with Gasteiger partial charge >= 0.3 is 6.61 Å². The fourth-order valence-corrected chi connectivity index (χ4v) is 2.47. The van der Waals surface area contributed by atoms with E-state index in [1.807, 2.05) is 14.1 Å². The Morgan fingerprint density at radius 2 is 1.92 bits per heavy atom. The predicted octanol–water partition coefficient (Wildman–Crippen LogP) is 4.05. The van der Waals surface area contributed by atoms with Crippen molar-refractivity contribution < 1.29 is 17.9 Å². The summed E-state index contributed by atoms with van der Waals surface area (Å²) >= 11 is 0. The van der Waals surface area contributed by atoms with Gasteiger partial charge in [0.1, 0.15) is 11.6 Å². The van der Waals surface area contributed by atoms with Gasteiger partial charge in [0.2, 0.25) is 0 Å². The first kappa shape index (κ1) is 17.8. The average molecular weight is 362 g/mol. The molecule has 1 heterocycles. The summed E-state index contributed by atoms with van der Waals surface area (Å²) < 4.78 is 44.1. The van der Waals surface area contributed by atoms with E-state index in [-0.39, 0.29) is 11.6 Å². The van der Waals surface area contributed by atoms with Crippen molar-refractivity contribution in [3.8, 4) is 5.75 Å². The highest BCUT2D eigenvalue weighted by Gasteiger charge is 2.12. The number of rotatable bonds is 6. The third kappa shape index (κ3) is 4.14. The number of hydrogen-bond donors (Lipinski definition) is 0. The Hall–Kier alpha value is -3.03. The van der Waals surface area contributed by atoms with Crippen LogP contribution in [0.25, 0.3) is 10.9 Å². The predicted molar refractivity (Wildman–Crippen MR) is 93.7 cm³/mol. The lowest BCUT2D eigenvalue weighted by molar-refractivity contribution is -0.0498. The molecule has 0 saturated carbocycles. The lowest BCUT2D eigenvalue weighted by Gasteiger charge is -2.07. The molecule has 0 bridgehead atoms. The minimum Gasteiger partial charge on any atom is -0.435 e. The van der Waals surface area contributed by atoms with Crippen LogP contribution >= 0.6 is 0 Å². The first-order chi connectivity index (χ1) is 12.4. The zero-order valence-electron chi connectivity index (χ0n) is 14.2. The van der Waals surface area contributed by atoms with E-state index in [1.165, 1.54) is 24.3 Å². The highest BCUT2D eigenvalue weighted by Crippen LogP contribution is 2.27. The minimum absolute atomic E-state index is 0.0902. The van der Waals surface area contributed by atoms with Crippen molar-refractivity contribution in [2.75, 3.05) is 14.1 Å². The van der Waals surface area contributed by atoms with Gasteiger partial charge in [-0.2, -0.15) is 13.9 Å². The van der Waals surface area contributed by atoms with Gasteiger partial charge in [-0.15, -0.1) is 0 Å². The van der Waals surface area contributed by atoms with Gasteiger partial charge in [0.25, 0.3) is 0 Å². The molecule has 0 N–H and O–H groups in total. The van der Waals surface area contributed by atoms with Crippen LogP contribution in [0.4, 0.5) is 19.0 Å². The summed E-state index contributed by atoms with van der Waals surface area (Å²) in [4.78, 5) is 6.04. The van der Waals surface area contributed by atoms with Crippen molar-refractivity contribution in [2.24, 2.45) is 4.99 Å². The Kier molecular flexibility index (Phi) is 5.11. The van der Waals surface area contributed by atoms with E-state index >= 15 is 0 Å². The highest BCUT2D eigenvalue weighted by atomic mass is 19.3. The highest BCUT2D eigenvalue weighted by molar-refractivity contribution is 5.90. The smallest absolute Gasteiger partial charge is 0.387 e. The molecule has 1 aromatic heterocycles. The van der Waals surface area contributed by atoms with E-state index in [0.717, 1.165) is 11.1 Å². The number of nitrogens with zero attached hydrogens (tertiary/aromatic N) is 4. The SMILES string of the molecule is CN(C)C=Nc1nn(Cc2ccc(OC(F)F)cc2)c2ccc(F)cc12. The van der Waals surface area contributed by atoms with Crippen molar-refractivity contribution in [3.05, 3.63) is 53.8 Å². The molecule has 5 nitrogen and oxygen atoms in total. The molecule has 2 aromatic carbocycles. The molecule has 3 rings (SSSR count). The lowest BCUT2D eigenvalue weighted by atomic mass is 10.2. The van der Waals surface area contributed by atoms with Crippen molar-refractivity contribution in [1.29, 1.82) is 0 Å². The normalized spacial score (nSPS) is 11.6. The van der Waals surface area contributed by atoms with Crippen LogP contribution in [-0.2, 0) is 6.54 Å². The summed E-state index contributed by atoms with van der Waals surface area (Å²) in [5, 5.41) is 5.04. The monoisotopic (exact) mass is 362 g/mol. The summed E-state index contributed by atoms with van der Waals surface area (Å²) in [5.74, 6) is 0.130. The van der Waals surface area contributed by atoms with E-state index in [2.05, 4.69) is 14.8 Å². The maximum absolute atomic E-state index is 13.6. The molecule has 8 heteroatoms. The molecular weight excluding hydrogens is 345 g/mol. The van der Waals surface area contributed by atoms with Crippen LogP contribution < -0.4 is 4.74 Å². The van der Waals surface area contributed by atoms with Gasteiger partial charge in [-0.25, -0.2) is 9.38 Å². The standard InChI is InChI=1S/C18H17F3N4O/c1-24(2)11-22-17-15-9-13(19)5-8-16(15)25(23-17)10-12-3-6-14(7-4-12)26-18(20)21/h3-9,11,18H,10H2,1-2H3. The molecular formula is C18H17F3N4O. The molecule has 0 aliphatic heterocycles. The summed E-state index contributed by atoms with van der Waals surface area (Å²) in [6.07, 6.45) is 1.59. The lowest BCUT2D eigenvalue weighted by Crippen LogP contribution is -2.07. The summed E-state index contributed by atoms with van der Waals surface area (Å²) in [7, 11) is 3.65. The molecule has 136 valence electrons. The van der Waals surface area contributed by atoms with Gasteiger partial charge in [-0.3, -0.25) is 4.68 Å². The molecule has 3 aromatic rings. The first-order valence-corrected chi connectivity index (χ1v) is 7.83. The zero-order chi connectivity index (χ0) is 18.7. The topological polar surface area (TPSA) is 42.7 Å². The second kappa shape index (κ2) is 7.47. The van der Waals surface area contributed by atoms with Gasteiger partial charge in [-0.1, -0.05) is 12.1 Å².